The molecule has 0 radical (unpaired) electrons. The summed E-state index contributed by atoms with van der Waals surface area (Å²) in [5.41, 5.74) is -1.63. The first kappa shape index (κ1) is 25.9. The molecule has 1 amide bonds. The normalized spacial score (nSPS) is 40.4. The Labute approximate surface area is 188 Å². The van der Waals surface area contributed by atoms with Gasteiger partial charge in [0.25, 0.3) is 0 Å². The molecule has 5 atom stereocenters. The zero-order chi connectivity index (χ0) is 23.1. The lowest BCUT2D eigenvalue weighted by Crippen LogP contribution is -2.81. The maximum Gasteiger partial charge on any atom is 0.218 e. The molecule has 1 saturated heterocycles. The summed E-state index contributed by atoms with van der Waals surface area (Å²) in [6, 6.07) is 0. The van der Waals surface area contributed by atoms with Gasteiger partial charge in [-0.1, -0.05) is 25.5 Å². The molecule has 1 aliphatic heterocycles. The number of sulfonamides is 1. The van der Waals surface area contributed by atoms with Gasteiger partial charge in [-0.3, -0.25) is 4.79 Å². The molecule has 2 fully saturated rings. The Morgan fingerprint density at radius 1 is 1.17 bits per heavy atom. The molecule has 0 aromatic rings. The number of likely N-dealkylation sites (tertiary alicyclic amines) is 1. The number of carbonyl (C=O) groups is 1. The van der Waals surface area contributed by atoms with Gasteiger partial charge in [-0.05, 0) is 43.5 Å². The highest BCUT2D eigenvalue weighted by atomic mass is 32.2. The summed E-state index contributed by atoms with van der Waals surface area (Å²) in [5, 5.41) is 0. The van der Waals surface area contributed by atoms with Crippen LogP contribution in [0.2, 0.25) is 11.6 Å². The zero-order valence-corrected chi connectivity index (χ0v) is 21.3. The van der Waals surface area contributed by atoms with Crippen molar-refractivity contribution < 1.29 is 17.9 Å². The number of carbonyl (C=O) groups excluding carboxylic acids is 1. The summed E-state index contributed by atoms with van der Waals surface area (Å²) in [4.78, 5) is 14.7. The van der Waals surface area contributed by atoms with Gasteiger partial charge in [0.05, 0.1) is 19.0 Å². The molecule has 1 heterocycles. The van der Waals surface area contributed by atoms with Crippen LogP contribution in [0.1, 0.15) is 46.5 Å². The van der Waals surface area contributed by atoms with Crippen molar-refractivity contribution >= 4 is 55.2 Å². The van der Waals surface area contributed by atoms with Crippen LogP contribution in [0, 0.1) is 11.8 Å². The molecule has 5 unspecified atom stereocenters. The first-order chi connectivity index (χ1) is 13.6. The maximum absolute atomic E-state index is 12.8. The van der Waals surface area contributed by atoms with Crippen molar-refractivity contribution in [2.75, 3.05) is 12.9 Å². The number of nitrogens with one attached hydrogen (secondary N) is 1. The molecule has 0 aromatic heterocycles. The lowest BCUT2D eigenvalue weighted by atomic mass is 9.36. The van der Waals surface area contributed by atoms with Gasteiger partial charge >= 0.3 is 0 Å². The third-order valence-electron chi connectivity index (χ3n) is 8.52. The number of amides is 1. The van der Waals surface area contributed by atoms with E-state index in [2.05, 4.69) is 42.1 Å². The van der Waals surface area contributed by atoms with Gasteiger partial charge in [0.1, 0.15) is 39.2 Å². The molecule has 1 aliphatic carbocycles. The quantitative estimate of drug-likeness (QED) is 0.456. The van der Waals surface area contributed by atoms with E-state index >= 15 is 0 Å². The average Bonchev–Trinajstić information content (AvgIpc) is 2.62. The van der Waals surface area contributed by atoms with Crippen LogP contribution in [0.25, 0.3) is 0 Å². The second-order valence-electron chi connectivity index (χ2n) is 10.7. The molecule has 30 heavy (non-hydrogen) atoms. The lowest BCUT2D eigenvalue weighted by Gasteiger charge is -2.64. The van der Waals surface area contributed by atoms with E-state index in [1.165, 1.54) is 6.26 Å². The average molecular weight is 434 g/mol. The molecule has 1 saturated carbocycles. The SMILES string of the molecule is BC1C(B)N(C(C)=O)C(B)(COC2CCC(C(C)C)CC2)C(B)(NS(C)(=O)=O)C1B. The topological polar surface area (TPSA) is 75.7 Å². The minimum Gasteiger partial charge on any atom is -0.377 e. The number of piperidine rings is 1. The van der Waals surface area contributed by atoms with Crippen LogP contribution < -0.4 is 4.72 Å². The summed E-state index contributed by atoms with van der Waals surface area (Å²) in [6.45, 7) is 6.47. The third-order valence-corrected chi connectivity index (χ3v) is 9.31. The standard InChI is InChI=1S/C18H39B5N2O4S/c1-10(2)12-5-7-13(8-6-12)29-9-17(22)18(23,24-30(4,27)28)15(20)14(19)16(21)25(17)11(3)26/h10,12-16,24H,5-9,19-23H2,1-4H3. The first-order valence-electron chi connectivity index (χ1n) is 11.5. The van der Waals surface area contributed by atoms with E-state index in [4.69, 9.17) is 4.74 Å². The van der Waals surface area contributed by atoms with Gasteiger partial charge in [0, 0.05) is 17.8 Å². The fourth-order valence-electron chi connectivity index (χ4n) is 6.01. The van der Waals surface area contributed by atoms with Crippen LogP contribution in [0.4, 0.5) is 0 Å². The van der Waals surface area contributed by atoms with Crippen LogP contribution in [0.3, 0.4) is 0 Å². The molecule has 2 rings (SSSR count). The molecule has 0 spiro atoms. The Morgan fingerprint density at radius 2 is 1.70 bits per heavy atom. The van der Waals surface area contributed by atoms with Crippen molar-refractivity contribution in [2.45, 2.75) is 81.0 Å². The predicted molar refractivity (Wildman–Crippen MR) is 137 cm³/mol. The lowest BCUT2D eigenvalue weighted by molar-refractivity contribution is -0.142. The first-order valence-corrected chi connectivity index (χ1v) is 13.4. The fourth-order valence-corrected chi connectivity index (χ4v) is 7.19. The van der Waals surface area contributed by atoms with E-state index in [-0.39, 0.29) is 29.6 Å². The monoisotopic (exact) mass is 434 g/mol. The minimum absolute atomic E-state index is 0.00258. The molecule has 2 aliphatic rings. The Morgan fingerprint density at radius 3 is 2.13 bits per heavy atom. The smallest absolute Gasteiger partial charge is 0.218 e. The summed E-state index contributed by atoms with van der Waals surface area (Å²) in [6.07, 6.45) is 5.74. The van der Waals surface area contributed by atoms with Crippen LogP contribution >= 0.6 is 0 Å². The van der Waals surface area contributed by atoms with E-state index in [9.17, 15) is 13.2 Å². The van der Waals surface area contributed by atoms with Crippen molar-refractivity contribution in [3.63, 3.8) is 0 Å². The van der Waals surface area contributed by atoms with E-state index in [1.807, 2.05) is 20.6 Å². The third kappa shape index (κ3) is 5.01. The number of nitrogens with zero attached hydrogens (tertiary/aromatic N) is 1. The predicted octanol–water partition coefficient (Wildman–Crippen LogP) is -2.91. The van der Waals surface area contributed by atoms with Crippen LogP contribution in [0.15, 0.2) is 0 Å². The molecule has 166 valence electrons. The maximum atomic E-state index is 12.8. The second-order valence-corrected chi connectivity index (χ2v) is 12.5. The summed E-state index contributed by atoms with van der Waals surface area (Å²) >= 11 is 0. The van der Waals surface area contributed by atoms with Crippen LogP contribution in [-0.4, -0.2) is 94.2 Å². The van der Waals surface area contributed by atoms with E-state index in [0.717, 1.165) is 31.6 Å². The molecule has 6 nitrogen and oxygen atoms in total. The summed E-state index contributed by atoms with van der Waals surface area (Å²) in [7, 11) is 6.70. The van der Waals surface area contributed by atoms with E-state index in [1.54, 1.807) is 6.92 Å². The number of hydrogen-bond acceptors (Lipinski definition) is 4. The van der Waals surface area contributed by atoms with Gasteiger partial charge in [-0.15, -0.1) is 0 Å². The van der Waals surface area contributed by atoms with Crippen molar-refractivity contribution in [2.24, 2.45) is 11.8 Å². The highest BCUT2D eigenvalue weighted by molar-refractivity contribution is 7.88. The molecule has 12 heteroatoms. The Bertz CT molecular complexity index is 734. The van der Waals surface area contributed by atoms with Gasteiger partial charge in [0.15, 0.2) is 0 Å². The zero-order valence-electron chi connectivity index (χ0n) is 20.5. The molecule has 1 N–H and O–H groups in total. The largest absolute Gasteiger partial charge is 0.377 e. The highest BCUT2D eigenvalue weighted by Gasteiger charge is 2.60. The van der Waals surface area contributed by atoms with E-state index in [0.29, 0.717) is 12.5 Å². The highest BCUT2D eigenvalue weighted by Crippen LogP contribution is 2.47. The van der Waals surface area contributed by atoms with Gasteiger partial charge in [0.2, 0.25) is 15.9 Å². The van der Waals surface area contributed by atoms with Crippen molar-refractivity contribution in [3.8, 4) is 0 Å². The van der Waals surface area contributed by atoms with Gasteiger partial charge in [-0.2, -0.15) is 0 Å². The van der Waals surface area contributed by atoms with Crippen molar-refractivity contribution in [1.82, 2.24) is 9.62 Å². The summed E-state index contributed by atoms with van der Waals surface area (Å²) in [5.74, 6) is 1.57. The number of ether oxygens (including phenoxy) is 1. The van der Waals surface area contributed by atoms with Crippen LogP contribution in [-0.2, 0) is 19.6 Å². The van der Waals surface area contributed by atoms with Crippen LogP contribution in [0.5, 0.6) is 0 Å². The fraction of sp³-hybridized carbons (Fsp3) is 0.944. The summed E-state index contributed by atoms with van der Waals surface area (Å²) < 4.78 is 34.1. The van der Waals surface area contributed by atoms with Crippen molar-refractivity contribution in [1.29, 1.82) is 0 Å². The molecule has 0 aromatic carbocycles. The second kappa shape index (κ2) is 9.26. The molecular formula is C18H39B5N2O4S. The Hall–Kier alpha value is -0.335. The number of rotatable bonds is 6. The van der Waals surface area contributed by atoms with E-state index < -0.39 is 20.9 Å². The Balaban J connectivity index is 2.34. The van der Waals surface area contributed by atoms with Crippen molar-refractivity contribution in [3.05, 3.63) is 0 Å². The molecule has 0 bridgehead atoms. The Kier molecular flexibility index (Phi) is 8.00. The van der Waals surface area contributed by atoms with Gasteiger partial charge in [-0.25, -0.2) is 13.1 Å². The molecular weight excluding hydrogens is 394 g/mol. The van der Waals surface area contributed by atoms with Gasteiger partial charge < -0.3 is 9.64 Å². The minimum atomic E-state index is -3.48. The number of hydrogen-bond donors (Lipinski definition) is 1.